The highest BCUT2D eigenvalue weighted by atomic mass is 35.5. The van der Waals surface area contributed by atoms with Gasteiger partial charge in [0.1, 0.15) is 5.75 Å². The van der Waals surface area contributed by atoms with Gasteiger partial charge in [0.15, 0.2) is 0 Å². The van der Waals surface area contributed by atoms with Crippen LogP contribution in [0, 0.1) is 6.92 Å². The van der Waals surface area contributed by atoms with E-state index in [0.29, 0.717) is 10.8 Å². The molecule has 2 rings (SSSR count). The van der Waals surface area contributed by atoms with E-state index < -0.39 is 5.60 Å². The van der Waals surface area contributed by atoms with Crippen LogP contribution in [0.4, 0.5) is 0 Å². The largest absolute Gasteiger partial charge is 0.496 e. The number of hydrogen-bond acceptors (Lipinski definition) is 2. The van der Waals surface area contributed by atoms with Crippen LogP contribution in [0.15, 0.2) is 12.1 Å². The molecule has 0 aromatic heterocycles. The molecular formula is C11H13ClO2. The first-order valence-corrected chi connectivity index (χ1v) is 5.01. The van der Waals surface area contributed by atoms with Crippen molar-refractivity contribution in [2.45, 2.75) is 25.4 Å². The third-order valence-corrected chi connectivity index (χ3v) is 2.91. The number of methoxy groups -OCH3 is 1. The maximum atomic E-state index is 10.0. The van der Waals surface area contributed by atoms with Gasteiger partial charge in [0.2, 0.25) is 0 Å². The SMILES string of the molecule is COc1cc(C)cc(Cl)c1C1(O)CC1. The number of ether oxygens (including phenoxy) is 1. The lowest BCUT2D eigenvalue weighted by Gasteiger charge is -2.15. The molecule has 0 unspecified atom stereocenters. The van der Waals surface area contributed by atoms with Crippen LogP contribution in [0.5, 0.6) is 5.75 Å². The molecule has 14 heavy (non-hydrogen) atoms. The van der Waals surface area contributed by atoms with E-state index in [1.54, 1.807) is 7.11 Å². The maximum Gasteiger partial charge on any atom is 0.126 e. The van der Waals surface area contributed by atoms with Crippen molar-refractivity contribution < 1.29 is 9.84 Å². The van der Waals surface area contributed by atoms with Gasteiger partial charge in [0.05, 0.1) is 17.7 Å². The van der Waals surface area contributed by atoms with Gasteiger partial charge in [-0.15, -0.1) is 0 Å². The monoisotopic (exact) mass is 212 g/mol. The fourth-order valence-corrected chi connectivity index (χ4v) is 2.13. The Kier molecular flexibility index (Phi) is 2.20. The molecule has 1 aromatic carbocycles. The Labute approximate surface area is 88.5 Å². The molecule has 1 aliphatic rings. The summed E-state index contributed by atoms with van der Waals surface area (Å²) < 4.78 is 5.23. The second-order valence-corrected chi connectivity index (χ2v) is 4.26. The van der Waals surface area contributed by atoms with Gasteiger partial charge < -0.3 is 9.84 Å². The lowest BCUT2D eigenvalue weighted by Crippen LogP contribution is -2.08. The Morgan fingerprint density at radius 2 is 2.07 bits per heavy atom. The molecule has 2 nitrogen and oxygen atoms in total. The Balaban J connectivity index is 2.56. The second-order valence-electron chi connectivity index (χ2n) is 3.86. The molecule has 0 amide bonds. The third-order valence-electron chi connectivity index (χ3n) is 2.61. The van der Waals surface area contributed by atoms with E-state index in [9.17, 15) is 5.11 Å². The van der Waals surface area contributed by atoms with Gasteiger partial charge in [0, 0.05) is 5.56 Å². The molecule has 3 heteroatoms. The Morgan fingerprint density at radius 1 is 1.43 bits per heavy atom. The van der Waals surface area contributed by atoms with Crippen LogP contribution in [0.1, 0.15) is 24.0 Å². The van der Waals surface area contributed by atoms with Gasteiger partial charge in [0.25, 0.3) is 0 Å². The molecule has 1 fully saturated rings. The van der Waals surface area contributed by atoms with Crippen LogP contribution in [0.3, 0.4) is 0 Å². The fraction of sp³-hybridized carbons (Fsp3) is 0.455. The second kappa shape index (κ2) is 3.14. The summed E-state index contributed by atoms with van der Waals surface area (Å²) in [5.41, 5.74) is 1.04. The summed E-state index contributed by atoms with van der Waals surface area (Å²) in [5.74, 6) is 0.690. The minimum absolute atomic E-state index is 0.599. The topological polar surface area (TPSA) is 29.5 Å². The minimum Gasteiger partial charge on any atom is -0.496 e. The number of aryl methyl sites for hydroxylation is 1. The quantitative estimate of drug-likeness (QED) is 0.817. The molecule has 0 aliphatic heterocycles. The van der Waals surface area contributed by atoms with Crippen LogP contribution in [0.2, 0.25) is 5.02 Å². The maximum absolute atomic E-state index is 10.0. The molecule has 1 saturated carbocycles. The standard InChI is InChI=1S/C11H13ClO2/c1-7-5-8(12)10(9(6-7)14-2)11(13)3-4-11/h5-6,13H,3-4H2,1-2H3. The average molecular weight is 213 g/mol. The molecular weight excluding hydrogens is 200 g/mol. The highest BCUT2D eigenvalue weighted by Gasteiger charge is 2.45. The first-order chi connectivity index (χ1) is 6.57. The molecule has 0 saturated heterocycles. The molecule has 1 N–H and O–H groups in total. The summed E-state index contributed by atoms with van der Waals surface area (Å²) in [6.45, 7) is 1.95. The molecule has 1 aromatic rings. The average Bonchev–Trinajstić information content (AvgIpc) is 2.82. The van der Waals surface area contributed by atoms with Crippen LogP contribution in [-0.4, -0.2) is 12.2 Å². The van der Waals surface area contributed by atoms with Crippen LogP contribution in [-0.2, 0) is 5.60 Å². The van der Waals surface area contributed by atoms with E-state index >= 15 is 0 Å². The molecule has 0 spiro atoms. The first kappa shape index (κ1) is 9.81. The molecule has 1 aliphatic carbocycles. The summed E-state index contributed by atoms with van der Waals surface area (Å²) >= 11 is 6.10. The van der Waals surface area contributed by atoms with Crippen LogP contribution >= 0.6 is 11.6 Å². The highest BCUT2D eigenvalue weighted by Crippen LogP contribution is 2.51. The Morgan fingerprint density at radius 3 is 2.57 bits per heavy atom. The van der Waals surface area contributed by atoms with Crippen LogP contribution in [0.25, 0.3) is 0 Å². The molecule has 0 heterocycles. The van der Waals surface area contributed by atoms with Crippen molar-refractivity contribution in [2.24, 2.45) is 0 Å². The van der Waals surface area contributed by atoms with Crippen molar-refractivity contribution >= 4 is 11.6 Å². The third kappa shape index (κ3) is 1.49. The zero-order chi connectivity index (χ0) is 10.3. The van der Waals surface area contributed by atoms with Crippen molar-refractivity contribution in [1.29, 1.82) is 0 Å². The van der Waals surface area contributed by atoms with Gasteiger partial charge >= 0.3 is 0 Å². The summed E-state index contributed by atoms with van der Waals surface area (Å²) in [6.07, 6.45) is 1.54. The number of aliphatic hydroxyl groups is 1. The van der Waals surface area contributed by atoms with Gasteiger partial charge in [-0.1, -0.05) is 11.6 Å². The van der Waals surface area contributed by atoms with Gasteiger partial charge in [-0.05, 0) is 37.5 Å². The van der Waals surface area contributed by atoms with E-state index in [4.69, 9.17) is 16.3 Å². The van der Waals surface area contributed by atoms with E-state index in [2.05, 4.69) is 0 Å². The van der Waals surface area contributed by atoms with E-state index in [1.807, 2.05) is 19.1 Å². The number of rotatable bonds is 2. The minimum atomic E-state index is -0.740. The molecule has 76 valence electrons. The zero-order valence-electron chi connectivity index (χ0n) is 8.30. The smallest absolute Gasteiger partial charge is 0.126 e. The summed E-state index contributed by atoms with van der Waals surface area (Å²) in [5, 5.41) is 10.6. The normalized spacial score (nSPS) is 18.0. The van der Waals surface area contributed by atoms with Gasteiger partial charge in [-0.3, -0.25) is 0 Å². The van der Waals surface area contributed by atoms with Gasteiger partial charge in [-0.2, -0.15) is 0 Å². The van der Waals surface area contributed by atoms with E-state index in [1.165, 1.54) is 0 Å². The lowest BCUT2D eigenvalue weighted by molar-refractivity contribution is 0.147. The van der Waals surface area contributed by atoms with Crippen molar-refractivity contribution in [2.75, 3.05) is 7.11 Å². The number of halogens is 1. The molecule has 0 bridgehead atoms. The first-order valence-electron chi connectivity index (χ1n) is 4.64. The highest BCUT2D eigenvalue weighted by molar-refractivity contribution is 6.31. The number of benzene rings is 1. The van der Waals surface area contributed by atoms with Crippen molar-refractivity contribution in [1.82, 2.24) is 0 Å². The summed E-state index contributed by atoms with van der Waals surface area (Å²) in [7, 11) is 1.60. The van der Waals surface area contributed by atoms with Crippen LogP contribution < -0.4 is 4.74 Å². The van der Waals surface area contributed by atoms with Crippen molar-refractivity contribution in [3.8, 4) is 5.75 Å². The van der Waals surface area contributed by atoms with E-state index in [-0.39, 0.29) is 0 Å². The van der Waals surface area contributed by atoms with Crippen molar-refractivity contribution in [3.05, 3.63) is 28.3 Å². The number of hydrogen-bond donors (Lipinski definition) is 1. The fourth-order valence-electron chi connectivity index (χ4n) is 1.69. The summed E-state index contributed by atoms with van der Waals surface area (Å²) in [4.78, 5) is 0. The van der Waals surface area contributed by atoms with Crippen molar-refractivity contribution in [3.63, 3.8) is 0 Å². The van der Waals surface area contributed by atoms with E-state index in [0.717, 1.165) is 24.0 Å². The molecule has 0 atom stereocenters. The lowest BCUT2D eigenvalue weighted by atomic mass is 10.0. The Hall–Kier alpha value is -0.730. The van der Waals surface area contributed by atoms with Gasteiger partial charge in [-0.25, -0.2) is 0 Å². The predicted octanol–water partition coefficient (Wildman–Crippen LogP) is 2.64. The zero-order valence-corrected chi connectivity index (χ0v) is 9.06. The molecule has 0 radical (unpaired) electrons. The Bertz CT molecular complexity index is 370. The predicted molar refractivity (Wildman–Crippen MR) is 55.9 cm³/mol. The summed E-state index contributed by atoms with van der Waals surface area (Å²) in [6, 6.07) is 3.76.